The van der Waals surface area contributed by atoms with Crippen molar-refractivity contribution in [2.75, 3.05) is 6.54 Å². The zero-order valence-corrected chi connectivity index (χ0v) is 22.5. The molecule has 39 heavy (non-hydrogen) atoms. The molecule has 0 saturated carbocycles. The molecule has 0 bridgehead atoms. The number of aryl methyl sites for hydroxylation is 2. The Bertz CT molecular complexity index is 1620. The van der Waals surface area contributed by atoms with Gasteiger partial charge < -0.3 is 4.74 Å². The summed E-state index contributed by atoms with van der Waals surface area (Å²) >= 11 is -2.51. The first-order chi connectivity index (χ1) is 18.9. The summed E-state index contributed by atoms with van der Waals surface area (Å²) in [6.45, 7) is 4.03. The highest BCUT2D eigenvalue weighted by atomic mass is 32.2. The van der Waals surface area contributed by atoms with Crippen LogP contribution in [0.25, 0.3) is 27.8 Å². The second kappa shape index (κ2) is 11.6. The molecule has 1 unspecified atom stereocenters. The van der Waals surface area contributed by atoms with Crippen molar-refractivity contribution < 1.29 is 18.3 Å². The largest absolute Gasteiger partial charge is 0.428 e. The maximum Gasteiger partial charge on any atom is 0.428 e. The van der Waals surface area contributed by atoms with Crippen molar-refractivity contribution in [3.63, 3.8) is 0 Å². The Kier molecular flexibility index (Phi) is 7.81. The molecule has 2 heterocycles. The molecule has 8 nitrogen and oxygen atoms in total. The standard InChI is InChI=1S/C30H28N4O4S/c1-3-29-32-27-20-24(23-14-17-31-18-15-23)8-13-28(27)34(29)25-9-6-22(7-10-25)16-19-33(39(36)37)30(35)38-26-11-4-21(2)5-12-26/h4-15,17-18,20H,3,16,19H2,1-2H3,(H,36,37). The maximum absolute atomic E-state index is 12.5. The lowest BCUT2D eigenvalue weighted by Crippen LogP contribution is -2.36. The minimum atomic E-state index is -2.51. The predicted octanol–water partition coefficient (Wildman–Crippen LogP) is 6.14. The minimum Gasteiger partial charge on any atom is -0.410 e. The molecular weight excluding hydrogens is 512 g/mol. The Labute approximate surface area is 229 Å². The zero-order valence-electron chi connectivity index (χ0n) is 21.7. The Morgan fingerprint density at radius 2 is 1.69 bits per heavy atom. The Balaban J connectivity index is 1.32. The monoisotopic (exact) mass is 540 g/mol. The van der Waals surface area contributed by atoms with E-state index in [1.54, 1.807) is 36.7 Å². The summed E-state index contributed by atoms with van der Waals surface area (Å²) in [7, 11) is 0. The maximum atomic E-state index is 12.5. The highest BCUT2D eigenvalue weighted by Crippen LogP contribution is 2.27. The van der Waals surface area contributed by atoms with Gasteiger partial charge in [0, 0.05) is 31.0 Å². The van der Waals surface area contributed by atoms with Crippen LogP contribution in [0.4, 0.5) is 4.79 Å². The van der Waals surface area contributed by atoms with E-state index < -0.39 is 17.4 Å². The van der Waals surface area contributed by atoms with Crippen molar-refractivity contribution in [1.29, 1.82) is 0 Å². The molecule has 0 saturated heterocycles. The number of hydrogen-bond acceptors (Lipinski definition) is 5. The molecule has 5 rings (SSSR count). The van der Waals surface area contributed by atoms with Gasteiger partial charge in [0.1, 0.15) is 11.6 Å². The van der Waals surface area contributed by atoms with Crippen molar-refractivity contribution in [3.8, 4) is 22.6 Å². The van der Waals surface area contributed by atoms with E-state index >= 15 is 0 Å². The molecule has 0 fully saturated rings. The number of fused-ring (bicyclic) bond motifs is 1. The summed E-state index contributed by atoms with van der Waals surface area (Å²) in [5.41, 5.74) is 7.00. The molecule has 9 heteroatoms. The number of imidazole rings is 1. The number of carbonyl (C=O) groups excluding carboxylic acids is 1. The van der Waals surface area contributed by atoms with Crippen LogP contribution in [0.15, 0.2) is 91.3 Å². The summed E-state index contributed by atoms with van der Waals surface area (Å²) in [6.07, 6.45) is 3.83. The van der Waals surface area contributed by atoms with E-state index in [1.807, 2.05) is 43.3 Å². The lowest BCUT2D eigenvalue weighted by atomic mass is 10.1. The van der Waals surface area contributed by atoms with Crippen molar-refractivity contribution in [1.82, 2.24) is 18.8 Å². The first-order valence-electron chi connectivity index (χ1n) is 12.6. The van der Waals surface area contributed by atoms with Gasteiger partial charge >= 0.3 is 6.09 Å². The number of aromatic nitrogens is 3. The quantitative estimate of drug-likeness (QED) is 0.238. The minimum absolute atomic E-state index is 0.0269. The fourth-order valence-corrected chi connectivity index (χ4v) is 4.83. The van der Waals surface area contributed by atoms with Gasteiger partial charge in [-0.25, -0.2) is 18.3 Å². The average molecular weight is 541 g/mol. The smallest absolute Gasteiger partial charge is 0.410 e. The van der Waals surface area contributed by atoms with Crippen molar-refractivity contribution in [2.24, 2.45) is 0 Å². The van der Waals surface area contributed by atoms with Gasteiger partial charge in [0.15, 0.2) is 0 Å². The van der Waals surface area contributed by atoms with Gasteiger partial charge in [-0.1, -0.05) is 42.8 Å². The highest BCUT2D eigenvalue weighted by Gasteiger charge is 2.21. The summed E-state index contributed by atoms with van der Waals surface area (Å²) in [6, 6.07) is 25.0. The number of ether oxygens (including phenoxy) is 1. The third kappa shape index (κ3) is 5.89. The second-order valence-electron chi connectivity index (χ2n) is 9.09. The van der Waals surface area contributed by atoms with Crippen molar-refractivity contribution in [2.45, 2.75) is 26.7 Å². The van der Waals surface area contributed by atoms with Gasteiger partial charge in [-0.2, -0.15) is 0 Å². The summed E-state index contributed by atoms with van der Waals surface area (Å²) < 4.78 is 29.7. The molecule has 0 aliphatic carbocycles. The lowest BCUT2D eigenvalue weighted by molar-refractivity contribution is 0.178. The van der Waals surface area contributed by atoms with E-state index in [2.05, 4.69) is 34.7 Å². The Hall–Kier alpha value is -4.34. The van der Waals surface area contributed by atoms with Crippen LogP contribution >= 0.6 is 0 Å². The summed E-state index contributed by atoms with van der Waals surface area (Å²) in [4.78, 5) is 21.5. The van der Waals surface area contributed by atoms with E-state index in [-0.39, 0.29) is 6.54 Å². The number of rotatable bonds is 8. The van der Waals surface area contributed by atoms with Gasteiger partial charge in [-0.15, -0.1) is 0 Å². The van der Waals surface area contributed by atoms with Gasteiger partial charge in [0.05, 0.1) is 11.0 Å². The molecule has 0 spiro atoms. The van der Waals surface area contributed by atoms with Crippen molar-refractivity contribution in [3.05, 3.63) is 108 Å². The molecule has 2 aromatic heterocycles. The number of carbonyl (C=O) groups is 1. The van der Waals surface area contributed by atoms with Crippen LogP contribution in [-0.4, -0.2) is 40.2 Å². The third-order valence-electron chi connectivity index (χ3n) is 6.47. The molecule has 198 valence electrons. The first-order valence-corrected chi connectivity index (χ1v) is 13.7. The Morgan fingerprint density at radius 1 is 0.974 bits per heavy atom. The molecular formula is C30H28N4O4S. The molecule has 3 aromatic carbocycles. The molecule has 1 N–H and O–H groups in total. The molecule has 0 aliphatic rings. The normalized spacial score (nSPS) is 11.9. The number of amides is 1. The topological polar surface area (TPSA) is 97.5 Å². The highest BCUT2D eigenvalue weighted by molar-refractivity contribution is 7.77. The third-order valence-corrected chi connectivity index (χ3v) is 7.18. The van der Waals surface area contributed by atoms with E-state index in [0.717, 1.165) is 55.5 Å². The van der Waals surface area contributed by atoms with Gasteiger partial charge in [0.25, 0.3) is 11.3 Å². The molecule has 1 atom stereocenters. The van der Waals surface area contributed by atoms with Crippen LogP contribution in [0.5, 0.6) is 5.75 Å². The van der Waals surface area contributed by atoms with Gasteiger partial charge in [0.2, 0.25) is 0 Å². The van der Waals surface area contributed by atoms with Crippen molar-refractivity contribution >= 4 is 28.4 Å². The molecule has 1 amide bonds. The van der Waals surface area contributed by atoms with E-state index in [4.69, 9.17) is 9.72 Å². The van der Waals surface area contributed by atoms with Crippen LogP contribution in [0.2, 0.25) is 0 Å². The number of nitrogens with zero attached hydrogens (tertiary/aromatic N) is 4. The predicted molar refractivity (Wildman–Crippen MR) is 152 cm³/mol. The molecule has 0 radical (unpaired) electrons. The number of pyridine rings is 1. The first kappa shape index (κ1) is 26.3. The fourth-order valence-electron chi connectivity index (χ4n) is 4.41. The van der Waals surface area contributed by atoms with Crippen LogP contribution in [0.1, 0.15) is 23.9 Å². The van der Waals surface area contributed by atoms with E-state index in [0.29, 0.717) is 12.2 Å². The summed E-state index contributed by atoms with van der Waals surface area (Å²) in [5, 5.41) is 0. The number of benzene rings is 3. The summed E-state index contributed by atoms with van der Waals surface area (Å²) in [5.74, 6) is 1.27. The second-order valence-corrected chi connectivity index (χ2v) is 9.99. The van der Waals surface area contributed by atoms with Crippen LogP contribution in [-0.2, 0) is 24.1 Å². The Morgan fingerprint density at radius 3 is 2.36 bits per heavy atom. The number of hydrogen-bond donors (Lipinski definition) is 1. The van der Waals surface area contributed by atoms with E-state index in [1.165, 1.54) is 0 Å². The van der Waals surface area contributed by atoms with Crippen LogP contribution in [0, 0.1) is 6.92 Å². The van der Waals surface area contributed by atoms with Crippen LogP contribution < -0.4 is 4.74 Å². The lowest BCUT2D eigenvalue weighted by Gasteiger charge is -2.17. The SMILES string of the molecule is CCc1nc2cc(-c3ccncc3)ccc2n1-c1ccc(CCN(C(=O)Oc2ccc(C)cc2)S(=O)O)cc1. The van der Waals surface area contributed by atoms with Gasteiger partial charge in [-0.3, -0.25) is 14.1 Å². The van der Waals surface area contributed by atoms with E-state index in [9.17, 15) is 13.6 Å². The molecule has 0 aliphatic heterocycles. The van der Waals surface area contributed by atoms with Crippen LogP contribution in [0.3, 0.4) is 0 Å². The molecule has 5 aromatic rings. The fraction of sp³-hybridized carbons (Fsp3) is 0.167. The zero-order chi connectivity index (χ0) is 27.4. The van der Waals surface area contributed by atoms with Gasteiger partial charge in [-0.05, 0) is 78.6 Å². The average Bonchev–Trinajstić information content (AvgIpc) is 3.33.